The Morgan fingerprint density at radius 1 is 0.953 bits per heavy atom. The normalized spacial score (nSPS) is 12.6. The molecule has 0 fully saturated rings. The number of alkyl carbamates (subject to hydrolysis) is 1. The van der Waals surface area contributed by atoms with Crippen molar-refractivity contribution in [2.75, 3.05) is 31.0 Å². The third-order valence-electron chi connectivity index (χ3n) is 6.76. The van der Waals surface area contributed by atoms with Crippen molar-refractivity contribution in [1.82, 2.24) is 10.2 Å². The first-order valence-electron chi connectivity index (χ1n) is 15.0. The molecule has 0 aromatic heterocycles. The molecule has 3 N–H and O–H groups in total. The quantitative estimate of drug-likeness (QED) is 0.165. The van der Waals surface area contributed by atoms with Crippen LogP contribution in [-0.4, -0.2) is 65.2 Å². The monoisotopic (exact) mass is 615 g/mol. The van der Waals surface area contributed by atoms with Gasteiger partial charge in [0.25, 0.3) is 5.91 Å². The lowest BCUT2D eigenvalue weighted by atomic mass is 10.0. The first-order valence-corrected chi connectivity index (χ1v) is 16.4. The molecule has 10 heteroatoms. The smallest absolute Gasteiger partial charge is 0.408 e. The van der Waals surface area contributed by atoms with Crippen molar-refractivity contribution < 1.29 is 29.0 Å². The second kappa shape index (κ2) is 18.3. The van der Waals surface area contributed by atoms with E-state index in [-0.39, 0.29) is 11.7 Å². The van der Waals surface area contributed by atoms with Crippen LogP contribution in [0, 0.1) is 0 Å². The lowest BCUT2D eigenvalue weighted by Crippen LogP contribution is -2.52. The molecule has 0 radical (unpaired) electrons. The first kappa shape index (κ1) is 35.8. The maximum atomic E-state index is 14.3. The molecule has 2 rings (SSSR count). The van der Waals surface area contributed by atoms with Crippen LogP contribution >= 0.6 is 11.8 Å². The standard InChI is InChI=1S/C33H49N3O6S/c1-7-8-9-10-11-12-22-36(31(39)28(21-23-43-6)35-32(40)42-33(2,3)4)29(24-13-17-26(37)18-14-24)30(38)34-25-15-19-27(41-5)20-16-25/h13-20,28-29,37H,7-12,21-23H2,1-6H3,(H,34,38)(H,35,40). The summed E-state index contributed by atoms with van der Waals surface area (Å²) < 4.78 is 10.7. The van der Waals surface area contributed by atoms with Crippen molar-refractivity contribution in [2.45, 2.75) is 90.3 Å². The molecular formula is C33H49N3O6S. The van der Waals surface area contributed by atoms with Crippen molar-refractivity contribution in [3.8, 4) is 11.5 Å². The maximum Gasteiger partial charge on any atom is 0.408 e. The lowest BCUT2D eigenvalue weighted by Gasteiger charge is -2.34. The number of anilines is 1. The van der Waals surface area contributed by atoms with E-state index in [0.29, 0.717) is 42.1 Å². The number of rotatable bonds is 17. The SMILES string of the molecule is CCCCCCCCN(C(=O)C(CCSC)NC(=O)OC(C)(C)C)C(C(=O)Nc1ccc(OC)cc1)c1ccc(O)cc1. The second-order valence-electron chi connectivity index (χ2n) is 11.5. The zero-order valence-electron chi connectivity index (χ0n) is 26.5. The van der Waals surface area contributed by atoms with Crippen LogP contribution in [0.25, 0.3) is 0 Å². The fourth-order valence-electron chi connectivity index (χ4n) is 4.59. The van der Waals surface area contributed by atoms with Gasteiger partial charge in [0.15, 0.2) is 0 Å². The van der Waals surface area contributed by atoms with Gasteiger partial charge in [-0.15, -0.1) is 0 Å². The van der Waals surface area contributed by atoms with E-state index in [1.807, 2.05) is 6.26 Å². The zero-order valence-corrected chi connectivity index (χ0v) is 27.3. The Hall–Kier alpha value is -3.40. The molecule has 43 heavy (non-hydrogen) atoms. The number of thioether (sulfide) groups is 1. The number of carbonyl (C=O) groups excluding carboxylic acids is 3. The Labute approximate surface area is 261 Å². The van der Waals surface area contributed by atoms with E-state index in [9.17, 15) is 19.5 Å². The number of aromatic hydroxyl groups is 1. The van der Waals surface area contributed by atoms with Crippen molar-refractivity contribution in [1.29, 1.82) is 0 Å². The zero-order chi connectivity index (χ0) is 31.8. The molecule has 2 unspecified atom stereocenters. The van der Waals surface area contributed by atoms with E-state index < -0.39 is 29.7 Å². The maximum absolute atomic E-state index is 14.3. The van der Waals surface area contributed by atoms with Gasteiger partial charge in [-0.25, -0.2) is 4.79 Å². The van der Waals surface area contributed by atoms with E-state index in [1.165, 1.54) is 12.1 Å². The number of hydrogen-bond acceptors (Lipinski definition) is 7. The highest BCUT2D eigenvalue weighted by atomic mass is 32.2. The van der Waals surface area contributed by atoms with Crippen LogP contribution in [-0.2, 0) is 14.3 Å². The number of phenolic OH excluding ortho intramolecular Hbond substituents is 1. The van der Waals surface area contributed by atoms with Crippen LogP contribution in [0.4, 0.5) is 10.5 Å². The van der Waals surface area contributed by atoms with Gasteiger partial charge in [-0.05, 0) is 87.6 Å². The Balaban J connectivity index is 2.48. The Kier molecular flexibility index (Phi) is 15.2. The minimum absolute atomic E-state index is 0.0521. The highest BCUT2D eigenvalue weighted by Gasteiger charge is 2.36. The van der Waals surface area contributed by atoms with Gasteiger partial charge in [0.1, 0.15) is 29.2 Å². The molecular weight excluding hydrogens is 566 g/mol. The van der Waals surface area contributed by atoms with Gasteiger partial charge >= 0.3 is 6.09 Å². The van der Waals surface area contributed by atoms with E-state index in [2.05, 4.69) is 17.6 Å². The Bertz CT molecular complexity index is 1130. The molecule has 0 aliphatic heterocycles. The molecule has 3 amide bonds. The molecule has 0 aliphatic carbocycles. The van der Waals surface area contributed by atoms with Crippen LogP contribution in [0.15, 0.2) is 48.5 Å². The molecule has 0 aliphatic rings. The number of phenols is 1. The average Bonchev–Trinajstić information content (AvgIpc) is 2.96. The van der Waals surface area contributed by atoms with Crippen molar-refractivity contribution in [2.24, 2.45) is 0 Å². The van der Waals surface area contributed by atoms with Gasteiger partial charge in [0, 0.05) is 12.2 Å². The van der Waals surface area contributed by atoms with Crippen molar-refractivity contribution in [3.05, 3.63) is 54.1 Å². The van der Waals surface area contributed by atoms with Crippen LogP contribution in [0.5, 0.6) is 11.5 Å². The first-order chi connectivity index (χ1) is 20.5. The number of benzene rings is 2. The molecule has 0 spiro atoms. The largest absolute Gasteiger partial charge is 0.508 e. The third kappa shape index (κ3) is 12.8. The highest BCUT2D eigenvalue weighted by Crippen LogP contribution is 2.28. The topological polar surface area (TPSA) is 117 Å². The summed E-state index contributed by atoms with van der Waals surface area (Å²) in [6.07, 6.45) is 7.65. The predicted molar refractivity (Wildman–Crippen MR) is 174 cm³/mol. The molecule has 238 valence electrons. The van der Waals surface area contributed by atoms with Gasteiger partial charge < -0.3 is 30.1 Å². The number of methoxy groups -OCH3 is 1. The number of ether oxygens (including phenoxy) is 2. The fourth-order valence-corrected chi connectivity index (χ4v) is 5.06. The summed E-state index contributed by atoms with van der Waals surface area (Å²) in [4.78, 5) is 42.7. The number of nitrogens with zero attached hydrogens (tertiary/aromatic N) is 1. The minimum Gasteiger partial charge on any atom is -0.508 e. The van der Waals surface area contributed by atoms with Gasteiger partial charge in [-0.1, -0.05) is 51.2 Å². The van der Waals surface area contributed by atoms with Crippen LogP contribution < -0.4 is 15.4 Å². The number of unbranched alkanes of at least 4 members (excludes halogenated alkanes) is 5. The van der Waals surface area contributed by atoms with E-state index in [0.717, 1.165) is 32.1 Å². The summed E-state index contributed by atoms with van der Waals surface area (Å²) in [5.74, 6) is 0.556. The highest BCUT2D eigenvalue weighted by molar-refractivity contribution is 7.98. The fraction of sp³-hybridized carbons (Fsp3) is 0.545. The van der Waals surface area contributed by atoms with E-state index in [4.69, 9.17) is 9.47 Å². The summed E-state index contributed by atoms with van der Waals surface area (Å²) in [6.45, 7) is 7.77. The molecule has 0 saturated carbocycles. The molecule has 2 aromatic carbocycles. The molecule has 0 bridgehead atoms. The van der Waals surface area contributed by atoms with Crippen LogP contribution in [0.2, 0.25) is 0 Å². The van der Waals surface area contributed by atoms with Crippen molar-refractivity contribution in [3.63, 3.8) is 0 Å². The van der Waals surface area contributed by atoms with Crippen molar-refractivity contribution >= 4 is 35.4 Å². The summed E-state index contributed by atoms with van der Waals surface area (Å²) in [7, 11) is 1.57. The molecule has 9 nitrogen and oxygen atoms in total. The lowest BCUT2D eigenvalue weighted by molar-refractivity contribution is -0.141. The summed E-state index contributed by atoms with van der Waals surface area (Å²) >= 11 is 1.57. The second-order valence-corrected chi connectivity index (χ2v) is 12.5. The van der Waals surface area contributed by atoms with Gasteiger partial charge in [0.2, 0.25) is 5.91 Å². The summed E-state index contributed by atoms with van der Waals surface area (Å²) in [5.41, 5.74) is 0.360. The van der Waals surface area contributed by atoms with E-state index >= 15 is 0 Å². The third-order valence-corrected chi connectivity index (χ3v) is 7.41. The number of amides is 3. The van der Waals surface area contributed by atoms with Gasteiger partial charge in [0.05, 0.1) is 7.11 Å². The summed E-state index contributed by atoms with van der Waals surface area (Å²) in [5, 5.41) is 15.7. The van der Waals surface area contributed by atoms with Gasteiger partial charge in [-0.3, -0.25) is 9.59 Å². The Morgan fingerprint density at radius 3 is 2.16 bits per heavy atom. The molecule has 2 aromatic rings. The number of carbonyl (C=O) groups is 3. The molecule has 2 atom stereocenters. The molecule has 0 heterocycles. The Morgan fingerprint density at radius 2 is 1.58 bits per heavy atom. The van der Waals surface area contributed by atoms with Crippen LogP contribution in [0.1, 0.15) is 84.2 Å². The number of nitrogens with one attached hydrogen (secondary N) is 2. The molecule has 0 saturated heterocycles. The van der Waals surface area contributed by atoms with E-state index in [1.54, 1.807) is 80.9 Å². The van der Waals surface area contributed by atoms with Gasteiger partial charge in [-0.2, -0.15) is 11.8 Å². The number of hydrogen-bond donors (Lipinski definition) is 3. The average molecular weight is 616 g/mol. The summed E-state index contributed by atoms with van der Waals surface area (Å²) in [6, 6.07) is 11.3. The minimum atomic E-state index is -1.01. The predicted octanol–water partition coefficient (Wildman–Crippen LogP) is 6.92. The van der Waals surface area contributed by atoms with Crippen LogP contribution in [0.3, 0.4) is 0 Å².